The van der Waals surface area contributed by atoms with Gasteiger partial charge in [0.1, 0.15) is 4.21 Å². The van der Waals surface area contributed by atoms with Gasteiger partial charge in [-0.15, -0.1) is 11.3 Å². The molecule has 0 saturated carbocycles. The maximum absolute atomic E-state index is 11.0. The third-order valence-electron chi connectivity index (χ3n) is 1.40. The van der Waals surface area contributed by atoms with Crippen molar-refractivity contribution in [2.24, 2.45) is 5.14 Å². The van der Waals surface area contributed by atoms with Gasteiger partial charge >= 0.3 is 0 Å². The first-order valence-electron chi connectivity index (χ1n) is 3.32. The second-order valence-corrected chi connectivity index (χ2v) is 5.95. The summed E-state index contributed by atoms with van der Waals surface area (Å²) in [6, 6.07) is 1.40. The predicted molar refractivity (Wildman–Crippen MR) is 51.3 cm³/mol. The van der Waals surface area contributed by atoms with Crippen LogP contribution in [0.25, 0.3) is 0 Å². The van der Waals surface area contributed by atoms with Gasteiger partial charge in [-0.1, -0.05) is 11.6 Å². The molecule has 13 heavy (non-hydrogen) atoms. The number of hydrogen-bond acceptors (Lipinski definition) is 4. The Morgan fingerprint density at radius 3 is 2.54 bits per heavy atom. The van der Waals surface area contributed by atoms with Crippen molar-refractivity contribution in [2.45, 2.75) is 17.2 Å². The number of primary sulfonamides is 1. The van der Waals surface area contributed by atoms with E-state index in [1.54, 1.807) is 0 Å². The monoisotopic (exact) mass is 241 g/mol. The van der Waals surface area contributed by atoms with Crippen molar-refractivity contribution in [1.29, 1.82) is 0 Å². The molecule has 0 fully saturated rings. The molecule has 1 atom stereocenters. The summed E-state index contributed by atoms with van der Waals surface area (Å²) in [4.78, 5) is 0. The van der Waals surface area contributed by atoms with E-state index in [9.17, 15) is 13.5 Å². The number of hydrogen-bond donors (Lipinski definition) is 2. The minimum Gasteiger partial charge on any atom is -0.389 e. The average Bonchev–Trinajstić information content (AvgIpc) is 2.29. The lowest BCUT2D eigenvalue weighted by molar-refractivity contribution is 0.197. The molecule has 3 N–H and O–H groups in total. The number of rotatable bonds is 2. The second-order valence-electron chi connectivity index (χ2n) is 2.51. The van der Waals surface area contributed by atoms with Crippen LogP contribution >= 0.6 is 22.9 Å². The lowest BCUT2D eigenvalue weighted by Gasteiger charge is -2.02. The zero-order valence-corrected chi connectivity index (χ0v) is 9.08. The number of nitrogens with two attached hydrogens (primary N) is 1. The van der Waals surface area contributed by atoms with Crippen molar-refractivity contribution in [3.63, 3.8) is 0 Å². The van der Waals surface area contributed by atoms with Crippen molar-refractivity contribution < 1.29 is 13.5 Å². The number of aliphatic hydroxyl groups excluding tert-OH is 1. The van der Waals surface area contributed by atoms with Crippen molar-refractivity contribution >= 4 is 33.0 Å². The molecule has 1 rings (SSSR count). The summed E-state index contributed by atoms with van der Waals surface area (Å²) >= 11 is 6.45. The Hall–Kier alpha value is -0.140. The fourth-order valence-electron chi connectivity index (χ4n) is 0.872. The third-order valence-corrected chi connectivity index (χ3v) is 4.18. The van der Waals surface area contributed by atoms with E-state index in [4.69, 9.17) is 16.7 Å². The van der Waals surface area contributed by atoms with Crippen LogP contribution in [0.5, 0.6) is 0 Å². The fraction of sp³-hybridized carbons (Fsp3) is 0.333. The zero-order chi connectivity index (χ0) is 10.2. The fourth-order valence-corrected chi connectivity index (χ4v) is 3.36. The minimum absolute atomic E-state index is 0.0764. The molecule has 0 radical (unpaired) electrons. The van der Waals surface area contributed by atoms with Gasteiger partial charge in [0.25, 0.3) is 0 Å². The molecule has 0 aliphatic heterocycles. The molecule has 0 saturated heterocycles. The van der Waals surface area contributed by atoms with E-state index in [2.05, 4.69) is 0 Å². The molecular weight excluding hydrogens is 234 g/mol. The van der Waals surface area contributed by atoms with Gasteiger partial charge in [-0.05, 0) is 13.0 Å². The van der Waals surface area contributed by atoms with Gasteiger partial charge in [0.2, 0.25) is 10.0 Å². The summed E-state index contributed by atoms with van der Waals surface area (Å²) in [5.74, 6) is 0. The van der Waals surface area contributed by atoms with E-state index in [1.807, 2.05) is 0 Å². The van der Waals surface area contributed by atoms with Gasteiger partial charge < -0.3 is 5.11 Å². The van der Waals surface area contributed by atoms with E-state index in [0.717, 1.165) is 11.3 Å². The summed E-state index contributed by atoms with van der Waals surface area (Å²) in [7, 11) is -3.78. The quantitative estimate of drug-likeness (QED) is 0.814. The lowest BCUT2D eigenvalue weighted by atomic mass is 10.2. The number of halogens is 1. The van der Waals surface area contributed by atoms with Crippen molar-refractivity contribution in [3.05, 3.63) is 16.0 Å². The zero-order valence-electron chi connectivity index (χ0n) is 6.69. The van der Waals surface area contributed by atoms with Crippen LogP contribution in [0.15, 0.2) is 10.3 Å². The molecule has 1 aromatic rings. The molecule has 74 valence electrons. The highest BCUT2D eigenvalue weighted by atomic mass is 35.5. The lowest BCUT2D eigenvalue weighted by Crippen LogP contribution is -2.13. The Bertz CT molecular complexity index is 410. The summed E-state index contributed by atoms with van der Waals surface area (Å²) in [6.07, 6.45) is -0.892. The van der Waals surface area contributed by atoms with Crippen molar-refractivity contribution in [2.75, 3.05) is 0 Å². The normalized spacial score (nSPS) is 14.5. The number of sulfonamides is 1. The molecular formula is C6H8ClNO3S2. The topological polar surface area (TPSA) is 80.4 Å². The molecule has 0 aliphatic rings. The molecule has 0 amide bonds. The van der Waals surface area contributed by atoms with Crippen LogP contribution in [0.1, 0.15) is 18.6 Å². The predicted octanol–water partition coefficient (Wildman–Crippen LogP) is 1.10. The third kappa shape index (κ3) is 2.41. The molecule has 4 nitrogen and oxygen atoms in total. The Labute approximate surface area is 85.0 Å². The molecule has 1 aromatic heterocycles. The first-order valence-corrected chi connectivity index (χ1v) is 6.06. The van der Waals surface area contributed by atoms with Gasteiger partial charge in [-0.25, -0.2) is 13.6 Å². The highest BCUT2D eigenvalue weighted by molar-refractivity contribution is 7.91. The van der Waals surface area contributed by atoms with E-state index in [0.29, 0.717) is 4.34 Å². The summed E-state index contributed by atoms with van der Waals surface area (Å²) in [6.45, 7) is 1.45. The SMILES string of the molecule is CC(O)c1cc(Cl)sc1S(N)(=O)=O. The van der Waals surface area contributed by atoms with Crippen LogP contribution in [-0.4, -0.2) is 13.5 Å². The van der Waals surface area contributed by atoms with Crippen LogP contribution in [0.3, 0.4) is 0 Å². The summed E-state index contributed by atoms with van der Waals surface area (Å²) < 4.78 is 22.2. The van der Waals surface area contributed by atoms with E-state index >= 15 is 0 Å². The van der Waals surface area contributed by atoms with E-state index in [1.165, 1.54) is 13.0 Å². The first-order chi connectivity index (χ1) is 5.82. The first kappa shape index (κ1) is 10.9. The second kappa shape index (κ2) is 3.55. The van der Waals surface area contributed by atoms with Crippen LogP contribution in [-0.2, 0) is 10.0 Å². The Morgan fingerprint density at radius 1 is 1.69 bits per heavy atom. The van der Waals surface area contributed by atoms with Crippen LogP contribution in [0.4, 0.5) is 0 Å². The maximum Gasteiger partial charge on any atom is 0.247 e. The van der Waals surface area contributed by atoms with Crippen LogP contribution in [0.2, 0.25) is 4.34 Å². The summed E-state index contributed by atoms with van der Waals surface area (Å²) in [5, 5.41) is 14.1. The van der Waals surface area contributed by atoms with Crippen molar-refractivity contribution in [3.8, 4) is 0 Å². The van der Waals surface area contributed by atoms with Crippen LogP contribution < -0.4 is 5.14 Å². The highest BCUT2D eigenvalue weighted by Crippen LogP contribution is 2.33. The van der Waals surface area contributed by atoms with Gasteiger partial charge in [-0.3, -0.25) is 0 Å². The highest BCUT2D eigenvalue weighted by Gasteiger charge is 2.20. The molecule has 0 aliphatic carbocycles. The molecule has 0 bridgehead atoms. The standard InChI is InChI=1S/C6H8ClNO3S2/c1-3(9)4-2-5(7)12-6(4)13(8,10)11/h2-3,9H,1H3,(H2,8,10,11). The largest absolute Gasteiger partial charge is 0.389 e. The molecule has 7 heteroatoms. The molecule has 0 spiro atoms. The van der Waals surface area contributed by atoms with E-state index in [-0.39, 0.29) is 9.77 Å². The van der Waals surface area contributed by atoms with Crippen molar-refractivity contribution in [1.82, 2.24) is 0 Å². The Morgan fingerprint density at radius 2 is 2.23 bits per heavy atom. The average molecular weight is 242 g/mol. The number of aliphatic hydroxyl groups is 1. The van der Waals surface area contributed by atoms with Gasteiger partial charge in [0, 0.05) is 5.56 Å². The van der Waals surface area contributed by atoms with E-state index < -0.39 is 16.1 Å². The summed E-state index contributed by atoms with van der Waals surface area (Å²) in [5.41, 5.74) is 0.248. The Balaban J connectivity index is 3.37. The number of thiophene rings is 1. The Kier molecular flexibility index (Phi) is 2.98. The van der Waals surface area contributed by atoms with Gasteiger partial charge in [0.15, 0.2) is 0 Å². The van der Waals surface area contributed by atoms with Gasteiger partial charge in [-0.2, -0.15) is 0 Å². The van der Waals surface area contributed by atoms with Crippen LogP contribution in [0, 0.1) is 0 Å². The molecule has 1 unspecified atom stereocenters. The minimum atomic E-state index is -3.78. The molecule has 1 heterocycles. The smallest absolute Gasteiger partial charge is 0.247 e. The van der Waals surface area contributed by atoms with Gasteiger partial charge in [0.05, 0.1) is 10.4 Å². The maximum atomic E-state index is 11.0. The molecule has 0 aromatic carbocycles.